The normalized spacial score (nSPS) is 18.7. The molecule has 2 heterocycles. The van der Waals surface area contributed by atoms with E-state index in [4.69, 9.17) is 11.6 Å². The van der Waals surface area contributed by atoms with E-state index in [1.807, 2.05) is 53.2 Å². The molecule has 6 heteroatoms. The number of fused-ring (bicyclic) bond motifs is 3. The fourth-order valence-electron chi connectivity index (χ4n) is 2.91. The molecule has 0 spiro atoms. The summed E-state index contributed by atoms with van der Waals surface area (Å²) in [6.07, 6.45) is 1.86. The number of nitrogens with zero attached hydrogens (tertiary/aromatic N) is 1. The average Bonchev–Trinajstić information content (AvgIpc) is 2.99. The second kappa shape index (κ2) is 5.23. The van der Waals surface area contributed by atoms with Crippen molar-refractivity contribution in [2.24, 2.45) is 0 Å². The quantitative estimate of drug-likeness (QED) is 0.734. The molecule has 0 aliphatic carbocycles. The molecule has 1 unspecified atom stereocenters. The first-order valence-corrected chi connectivity index (χ1v) is 8.97. The van der Waals surface area contributed by atoms with Gasteiger partial charge in [-0.1, -0.05) is 41.9 Å². The summed E-state index contributed by atoms with van der Waals surface area (Å²) >= 11 is 6.01. The van der Waals surface area contributed by atoms with Crippen LogP contribution in [0.5, 0.6) is 0 Å². The van der Waals surface area contributed by atoms with E-state index in [9.17, 15) is 8.42 Å². The predicted molar refractivity (Wildman–Crippen MR) is 89.4 cm³/mol. The zero-order chi connectivity index (χ0) is 16.0. The number of aromatic nitrogens is 1. The van der Waals surface area contributed by atoms with Crippen LogP contribution >= 0.6 is 11.6 Å². The molecular weight excluding hydrogens is 332 g/mol. The van der Waals surface area contributed by atoms with Crippen molar-refractivity contribution in [2.45, 2.75) is 10.9 Å². The second-order valence-corrected chi connectivity index (χ2v) is 7.50. The molecule has 3 aromatic rings. The van der Waals surface area contributed by atoms with Crippen LogP contribution < -0.4 is 4.72 Å². The van der Waals surface area contributed by atoms with Crippen molar-refractivity contribution in [3.05, 3.63) is 83.1 Å². The molecule has 0 amide bonds. The molecule has 23 heavy (non-hydrogen) atoms. The van der Waals surface area contributed by atoms with Crippen LogP contribution in [0.15, 0.2) is 71.8 Å². The topological polar surface area (TPSA) is 51.1 Å². The van der Waals surface area contributed by atoms with Crippen LogP contribution in [0.4, 0.5) is 0 Å². The van der Waals surface area contributed by atoms with E-state index in [0.717, 1.165) is 11.3 Å². The van der Waals surface area contributed by atoms with E-state index in [2.05, 4.69) is 4.72 Å². The SMILES string of the molecule is O=S1(=O)NC(c2ccccc2)c2cccn2-c2ccc(Cl)cc21. The molecule has 116 valence electrons. The van der Waals surface area contributed by atoms with Crippen LogP contribution in [-0.4, -0.2) is 13.0 Å². The molecule has 1 N–H and O–H groups in total. The van der Waals surface area contributed by atoms with Crippen LogP contribution in [0.25, 0.3) is 5.69 Å². The summed E-state index contributed by atoms with van der Waals surface area (Å²) in [6.45, 7) is 0. The molecule has 1 aliphatic heterocycles. The highest BCUT2D eigenvalue weighted by Crippen LogP contribution is 2.34. The molecule has 0 saturated carbocycles. The number of hydrogen-bond donors (Lipinski definition) is 1. The Morgan fingerprint density at radius 1 is 1.00 bits per heavy atom. The lowest BCUT2D eigenvalue weighted by Gasteiger charge is -2.17. The number of rotatable bonds is 1. The van der Waals surface area contributed by atoms with Gasteiger partial charge in [-0.25, -0.2) is 8.42 Å². The summed E-state index contributed by atoms with van der Waals surface area (Å²) in [5.41, 5.74) is 2.34. The first-order valence-electron chi connectivity index (χ1n) is 7.11. The third kappa shape index (κ3) is 2.37. The van der Waals surface area contributed by atoms with Gasteiger partial charge < -0.3 is 4.57 Å². The minimum absolute atomic E-state index is 0.181. The van der Waals surface area contributed by atoms with Crippen molar-refractivity contribution < 1.29 is 8.42 Å². The zero-order valence-corrected chi connectivity index (χ0v) is 13.6. The van der Waals surface area contributed by atoms with Gasteiger partial charge in [-0.2, -0.15) is 4.72 Å². The third-order valence-electron chi connectivity index (χ3n) is 3.95. The standard InChI is InChI=1S/C17H13ClN2O2S/c18-13-8-9-14-16(11-13)23(21,22)19-17(12-5-2-1-3-6-12)15-7-4-10-20(14)15/h1-11,17,19H. The average molecular weight is 345 g/mol. The van der Waals surface area contributed by atoms with Crippen molar-refractivity contribution >= 4 is 21.6 Å². The summed E-state index contributed by atoms with van der Waals surface area (Å²) in [6, 6.07) is 17.8. The molecule has 4 rings (SSSR count). The maximum absolute atomic E-state index is 12.8. The third-order valence-corrected chi connectivity index (χ3v) is 5.64. The smallest absolute Gasteiger partial charge is 0.243 e. The van der Waals surface area contributed by atoms with Crippen molar-refractivity contribution in [3.63, 3.8) is 0 Å². The molecule has 0 bridgehead atoms. The Labute approximate surface area is 139 Å². The van der Waals surface area contributed by atoms with Crippen molar-refractivity contribution in [3.8, 4) is 5.69 Å². The number of halogens is 1. The maximum Gasteiger partial charge on any atom is 0.243 e. The van der Waals surface area contributed by atoms with Crippen LogP contribution in [0, 0.1) is 0 Å². The molecular formula is C17H13ClN2O2S. The van der Waals surface area contributed by atoms with Gasteiger partial charge in [0.05, 0.1) is 11.7 Å². The minimum atomic E-state index is -3.69. The summed E-state index contributed by atoms with van der Waals surface area (Å²) in [5.74, 6) is 0. The Morgan fingerprint density at radius 2 is 1.78 bits per heavy atom. The summed E-state index contributed by atoms with van der Waals surface area (Å²) in [4.78, 5) is 0.181. The predicted octanol–water partition coefficient (Wildman–Crippen LogP) is 3.51. The number of hydrogen-bond acceptors (Lipinski definition) is 2. The second-order valence-electron chi connectivity index (χ2n) is 5.38. The van der Waals surface area contributed by atoms with Crippen LogP contribution in [0.2, 0.25) is 5.02 Å². The summed E-state index contributed by atoms with van der Waals surface area (Å²) in [5, 5.41) is 0.390. The van der Waals surface area contributed by atoms with E-state index in [1.165, 1.54) is 6.07 Å². The lowest BCUT2D eigenvalue weighted by Crippen LogP contribution is -2.28. The van der Waals surface area contributed by atoms with Gasteiger partial charge >= 0.3 is 0 Å². The van der Waals surface area contributed by atoms with Crippen LogP contribution in [0.1, 0.15) is 17.3 Å². The highest BCUT2D eigenvalue weighted by molar-refractivity contribution is 7.89. The molecule has 0 fully saturated rings. The van der Waals surface area contributed by atoms with Crippen molar-refractivity contribution in [1.82, 2.24) is 9.29 Å². The molecule has 1 atom stereocenters. The van der Waals surface area contributed by atoms with Crippen LogP contribution in [-0.2, 0) is 10.0 Å². The largest absolute Gasteiger partial charge is 0.318 e. The highest BCUT2D eigenvalue weighted by Gasteiger charge is 2.31. The maximum atomic E-state index is 12.8. The van der Waals surface area contributed by atoms with E-state index in [-0.39, 0.29) is 4.90 Å². The van der Waals surface area contributed by atoms with Gasteiger partial charge in [-0.15, -0.1) is 0 Å². The van der Waals surface area contributed by atoms with E-state index < -0.39 is 16.1 Å². The number of sulfonamides is 1. The van der Waals surface area contributed by atoms with Gasteiger partial charge in [0.1, 0.15) is 4.90 Å². The lowest BCUT2D eigenvalue weighted by atomic mass is 10.0. The first-order chi connectivity index (χ1) is 11.1. The minimum Gasteiger partial charge on any atom is -0.318 e. The Hall–Kier alpha value is -2.08. The van der Waals surface area contributed by atoms with E-state index in [1.54, 1.807) is 12.1 Å². The molecule has 1 aliphatic rings. The Kier molecular flexibility index (Phi) is 3.30. The van der Waals surface area contributed by atoms with Gasteiger partial charge in [0.15, 0.2) is 0 Å². The highest BCUT2D eigenvalue weighted by atomic mass is 35.5. The molecule has 2 aromatic carbocycles. The Balaban J connectivity index is 2.01. The van der Waals surface area contributed by atoms with Gasteiger partial charge in [-0.05, 0) is 35.9 Å². The van der Waals surface area contributed by atoms with E-state index >= 15 is 0 Å². The number of benzene rings is 2. The molecule has 4 nitrogen and oxygen atoms in total. The van der Waals surface area contributed by atoms with Gasteiger partial charge in [0, 0.05) is 16.9 Å². The van der Waals surface area contributed by atoms with Crippen molar-refractivity contribution in [2.75, 3.05) is 0 Å². The Bertz CT molecular complexity index is 981. The van der Waals surface area contributed by atoms with Gasteiger partial charge in [0.25, 0.3) is 0 Å². The fraction of sp³-hybridized carbons (Fsp3) is 0.0588. The first kappa shape index (κ1) is 14.5. The summed E-state index contributed by atoms with van der Waals surface area (Å²) in [7, 11) is -3.69. The monoisotopic (exact) mass is 344 g/mol. The number of nitrogens with one attached hydrogen (secondary N) is 1. The molecule has 0 radical (unpaired) electrons. The Morgan fingerprint density at radius 3 is 2.57 bits per heavy atom. The van der Waals surface area contributed by atoms with Crippen LogP contribution in [0.3, 0.4) is 0 Å². The van der Waals surface area contributed by atoms with Gasteiger partial charge in [0.2, 0.25) is 10.0 Å². The fourth-order valence-corrected chi connectivity index (χ4v) is 4.57. The van der Waals surface area contributed by atoms with Crippen molar-refractivity contribution in [1.29, 1.82) is 0 Å². The zero-order valence-electron chi connectivity index (χ0n) is 12.0. The summed E-state index contributed by atoms with van der Waals surface area (Å²) < 4.78 is 30.3. The molecule has 1 aromatic heterocycles. The lowest BCUT2D eigenvalue weighted by molar-refractivity contribution is 0.573. The van der Waals surface area contributed by atoms with E-state index in [0.29, 0.717) is 10.7 Å². The van der Waals surface area contributed by atoms with Gasteiger partial charge in [-0.3, -0.25) is 0 Å². The molecule has 0 saturated heterocycles.